The van der Waals surface area contributed by atoms with E-state index in [2.05, 4.69) is 10.2 Å². The van der Waals surface area contributed by atoms with Crippen LogP contribution in [0.5, 0.6) is 0 Å². The molecule has 0 bridgehead atoms. The highest BCUT2D eigenvalue weighted by Crippen LogP contribution is 2.07. The highest BCUT2D eigenvalue weighted by atomic mass is 35.5. The van der Waals surface area contributed by atoms with Crippen molar-refractivity contribution in [3.63, 3.8) is 0 Å². The third-order valence-electron chi connectivity index (χ3n) is 3.43. The summed E-state index contributed by atoms with van der Waals surface area (Å²) < 4.78 is 0. The minimum absolute atomic E-state index is 0. The number of nitrogens with two attached hydrogens (primary N) is 1. The van der Waals surface area contributed by atoms with E-state index < -0.39 is 6.04 Å². The van der Waals surface area contributed by atoms with E-state index in [0.717, 1.165) is 13.1 Å². The van der Waals surface area contributed by atoms with Gasteiger partial charge in [0, 0.05) is 32.7 Å². The molecule has 0 aromatic rings. The van der Waals surface area contributed by atoms with Gasteiger partial charge in [-0.2, -0.15) is 0 Å². The van der Waals surface area contributed by atoms with Crippen LogP contribution in [-0.4, -0.2) is 66.9 Å². The Kier molecular flexibility index (Phi) is 12.0. The summed E-state index contributed by atoms with van der Waals surface area (Å²) in [6.45, 7) is 9.63. The van der Waals surface area contributed by atoms with Crippen LogP contribution in [0.15, 0.2) is 0 Å². The number of carbonyl (C=O) groups is 2. The summed E-state index contributed by atoms with van der Waals surface area (Å²) in [4.78, 5) is 27.4. The molecule has 1 aliphatic heterocycles. The summed E-state index contributed by atoms with van der Waals surface area (Å²) in [6.07, 6.45) is 0. The van der Waals surface area contributed by atoms with E-state index in [-0.39, 0.29) is 42.5 Å². The number of halogens is 2. The number of amides is 2. The van der Waals surface area contributed by atoms with Gasteiger partial charge < -0.3 is 16.0 Å². The smallest absolute Gasteiger partial charge is 0.239 e. The van der Waals surface area contributed by atoms with E-state index in [0.29, 0.717) is 26.2 Å². The van der Waals surface area contributed by atoms with Crippen molar-refractivity contribution in [2.75, 3.05) is 39.3 Å². The fraction of sp³-hybridized carbons (Fsp3) is 0.846. The van der Waals surface area contributed by atoms with Crippen molar-refractivity contribution >= 4 is 36.6 Å². The van der Waals surface area contributed by atoms with Crippen molar-refractivity contribution in [3.8, 4) is 0 Å². The zero-order valence-corrected chi connectivity index (χ0v) is 14.6. The molecule has 1 saturated heterocycles. The van der Waals surface area contributed by atoms with Gasteiger partial charge in [0.05, 0.1) is 12.6 Å². The summed E-state index contributed by atoms with van der Waals surface area (Å²) in [6, 6.07) is -0.421. The molecule has 0 aliphatic carbocycles. The molecule has 2 amide bonds. The molecular weight excluding hydrogens is 315 g/mol. The van der Waals surface area contributed by atoms with Crippen LogP contribution in [0.25, 0.3) is 0 Å². The number of hydrogen-bond donors (Lipinski definition) is 2. The van der Waals surface area contributed by atoms with Gasteiger partial charge >= 0.3 is 0 Å². The molecule has 1 fully saturated rings. The molecule has 1 atom stereocenters. The van der Waals surface area contributed by atoms with Gasteiger partial charge in [0.2, 0.25) is 11.8 Å². The molecule has 3 N–H and O–H groups in total. The van der Waals surface area contributed by atoms with Gasteiger partial charge in [-0.1, -0.05) is 13.8 Å². The maximum atomic E-state index is 12.1. The molecule has 8 heteroatoms. The first-order valence-electron chi connectivity index (χ1n) is 6.99. The average molecular weight is 343 g/mol. The molecule has 126 valence electrons. The second-order valence-electron chi connectivity index (χ2n) is 5.32. The Hall–Kier alpha value is -0.560. The number of nitrogens with one attached hydrogen (secondary N) is 1. The molecule has 1 aliphatic rings. The zero-order valence-electron chi connectivity index (χ0n) is 13.0. The highest BCUT2D eigenvalue weighted by molar-refractivity contribution is 5.85. The second-order valence-corrected chi connectivity index (χ2v) is 5.32. The molecule has 1 unspecified atom stereocenters. The Balaban J connectivity index is 0. The van der Waals surface area contributed by atoms with Crippen molar-refractivity contribution in [3.05, 3.63) is 0 Å². The third-order valence-corrected chi connectivity index (χ3v) is 3.43. The predicted octanol–water partition coefficient (Wildman–Crippen LogP) is 0.0936. The molecule has 0 radical (unpaired) electrons. The van der Waals surface area contributed by atoms with E-state index in [9.17, 15) is 9.59 Å². The molecule has 0 saturated carbocycles. The summed E-state index contributed by atoms with van der Waals surface area (Å²) in [5.74, 6) is 0.217. The fourth-order valence-electron chi connectivity index (χ4n) is 2.08. The Morgan fingerprint density at radius 1 is 1.14 bits per heavy atom. The van der Waals surface area contributed by atoms with Gasteiger partial charge in [0.15, 0.2) is 0 Å². The topological polar surface area (TPSA) is 78.7 Å². The third kappa shape index (κ3) is 7.31. The number of nitrogens with zero attached hydrogens (tertiary/aromatic N) is 2. The van der Waals surface area contributed by atoms with Crippen LogP contribution < -0.4 is 11.1 Å². The SMILES string of the molecule is CCNC(=O)CN1CCN(C(=O)C(N)C(C)C)CC1.Cl.Cl. The van der Waals surface area contributed by atoms with Gasteiger partial charge in [0.1, 0.15) is 0 Å². The lowest BCUT2D eigenvalue weighted by Crippen LogP contribution is -2.55. The summed E-state index contributed by atoms with van der Waals surface area (Å²) in [7, 11) is 0. The second kappa shape index (κ2) is 11.1. The molecule has 6 nitrogen and oxygen atoms in total. The van der Waals surface area contributed by atoms with E-state index >= 15 is 0 Å². The van der Waals surface area contributed by atoms with Gasteiger partial charge in [-0.15, -0.1) is 24.8 Å². The minimum Gasteiger partial charge on any atom is -0.355 e. The molecule has 1 rings (SSSR count). The quantitative estimate of drug-likeness (QED) is 0.742. The van der Waals surface area contributed by atoms with Crippen molar-refractivity contribution < 1.29 is 9.59 Å². The molecule has 0 spiro atoms. The molecule has 21 heavy (non-hydrogen) atoms. The zero-order chi connectivity index (χ0) is 14.4. The number of piperazine rings is 1. The molecule has 0 aromatic carbocycles. The van der Waals surface area contributed by atoms with Gasteiger partial charge in [0.25, 0.3) is 0 Å². The number of rotatable bonds is 5. The number of hydrogen-bond acceptors (Lipinski definition) is 4. The van der Waals surface area contributed by atoms with Gasteiger partial charge in [-0.3, -0.25) is 14.5 Å². The van der Waals surface area contributed by atoms with Gasteiger partial charge in [-0.25, -0.2) is 0 Å². The first-order chi connectivity index (χ1) is 8.95. The lowest BCUT2D eigenvalue weighted by atomic mass is 10.0. The van der Waals surface area contributed by atoms with Crippen LogP contribution in [0.3, 0.4) is 0 Å². The molecule has 1 heterocycles. The Morgan fingerprint density at radius 2 is 1.67 bits per heavy atom. The molecule has 0 aromatic heterocycles. The van der Waals surface area contributed by atoms with E-state index in [4.69, 9.17) is 5.73 Å². The van der Waals surface area contributed by atoms with E-state index in [1.807, 2.05) is 20.8 Å². The standard InChI is InChI=1S/C13H26N4O2.2ClH/c1-4-15-11(18)9-16-5-7-17(8-6-16)13(19)12(14)10(2)3;;/h10,12H,4-9,14H2,1-3H3,(H,15,18);2*1H. The average Bonchev–Trinajstić information content (AvgIpc) is 2.38. The monoisotopic (exact) mass is 342 g/mol. The van der Waals surface area contributed by atoms with Crippen molar-refractivity contribution in [2.45, 2.75) is 26.8 Å². The van der Waals surface area contributed by atoms with Crippen molar-refractivity contribution in [1.29, 1.82) is 0 Å². The van der Waals surface area contributed by atoms with Crippen LogP contribution in [0, 0.1) is 5.92 Å². The highest BCUT2D eigenvalue weighted by Gasteiger charge is 2.27. The maximum Gasteiger partial charge on any atom is 0.239 e. The summed E-state index contributed by atoms with van der Waals surface area (Å²) in [5, 5.41) is 2.78. The lowest BCUT2D eigenvalue weighted by molar-refractivity contribution is -0.135. The Bertz CT molecular complexity index is 321. The lowest BCUT2D eigenvalue weighted by Gasteiger charge is -2.36. The predicted molar refractivity (Wildman–Crippen MR) is 89.0 cm³/mol. The van der Waals surface area contributed by atoms with E-state index in [1.165, 1.54) is 0 Å². The van der Waals surface area contributed by atoms with Gasteiger partial charge in [-0.05, 0) is 12.8 Å². The van der Waals surface area contributed by atoms with E-state index in [1.54, 1.807) is 4.90 Å². The largest absolute Gasteiger partial charge is 0.355 e. The minimum atomic E-state index is -0.421. The van der Waals surface area contributed by atoms with Crippen LogP contribution in [0.2, 0.25) is 0 Å². The Labute approximate surface area is 139 Å². The van der Waals surface area contributed by atoms with Crippen LogP contribution in [0.4, 0.5) is 0 Å². The first kappa shape index (κ1) is 22.7. The normalized spacial score (nSPS) is 16.7. The molecular formula is C13H28Cl2N4O2. The number of likely N-dealkylation sites (N-methyl/N-ethyl adjacent to an activating group) is 1. The van der Waals surface area contributed by atoms with Crippen molar-refractivity contribution in [1.82, 2.24) is 15.1 Å². The van der Waals surface area contributed by atoms with Crippen LogP contribution in [0.1, 0.15) is 20.8 Å². The summed E-state index contributed by atoms with van der Waals surface area (Å²) >= 11 is 0. The van der Waals surface area contributed by atoms with Crippen LogP contribution >= 0.6 is 24.8 Å². The van der Waals surface area contributed by atoms with Crippen molar-refractivity contribution in [2.24, 2.45) is 11.7 Å². The Morgan fingerprint density at radius 3 is 2.10 bits per heavy atom. The maximum absolute atomic E-state index is 12.1. The fourth-order valence-corrected chi connectivity index (χ4v) is 2.08. The number of carbonyl (C=O) groups excluding carboxylic acids is 2. The first-order valence-corrected chi connectivity index (χ1v) is 6.99. The van der Waals surface area contributed by atoms with Crippen LogP contribution in [-0.2, 0) is 9.59 Å². The summed E-state index contributed by atoms with van der Waals surface area (Å²) in [5.41, 5.74) is 5.88.